The fraction of sp³-hybridized carbons (Fsp3) is 0. The summed E-state index contributed by atoms with van der Waals surface area (Å²) in [6, 6.07) is 5.48. The number of anilines is 2. The van der Waals surface area contributed by atoms with E-state index >= 15 is 0 Å². The Morgan fingerprint density at radius 2 is 1.00 bits per heavy atom. The van der Waals surface area contributed by atoms with Gasteiger partial charge in [0.2, 0.25) is 0 Å². The van der Waals surface area contributed by atoms with Crippen molar-refractivity contribution in [2.24, 2.45) is 0 Å². The maximum absolute atomic E-state index is 12.7. The Kier molecular flexibility index (Phi) is 5.31. The summed E-state index contributed by atoms with van der Waals surface area (Å²) >= 11 is 0. The van der Waals surface area contributed by atoms with Crippen LogP contribution in [0.3, 0.4) is 0 Å². The van der Waals surface area contributed by atoms with Gasteiger partial charge in [0.05, 0.1) is 22.5 Å². The third-order valence-corrected chi connectivity index (χ3v) is 5.88. The molecule has 10 nitrogen and oxygen atoms in total. The van der Waals surface area contributed by atoms with Crippen molar-refractivity contribution in [3.63, 3.8) is 0 Å². The zero-order valence-electron chi connectivity index (χ0n) is 12.6. The number of fused-ring (bicyclic) bond motifs is 2. The van der Waals surface area contributed by atoms with E-state index in [-0.39, 0.29) is 40.7 Å². The van der Waals surface area contributed by atoms with Crippen LogP contribution in [0, 0.1) is 0 Å². The van der Waals surface area contributed by atoms with Crippen molar-refractivity contribution in [3.8, 4) is 0 Å². The van der Waals surface area contributed by atoms with Crippen molar-refractivity contribution in [2.75, 3.05) is 11.5 Å². The first-order chi connectivity index (χ1) is 11.9. The van der Waals surface area contributed by atoms with Crippen LogP contribution < -0.4 is 11.5 Å². The number of nitrogens with two attached hydrogens (primary N) is 2. The van der Waals surface area contributed by atoms with Gasteiger partial charge in [-0.1, -0.05) is 24.3 Å². The summed E-state index contributed by atoms with van der Waals surface area (Å²) in [5.74, 6) is -1.77. The minimum absolute atomic E-state index is 0. The second kappa shape index (κ2) is 6.67. The van der Waals surface area contributed by atoms with Crippen molar-refractivity contribution in [1.82, 2.24) is 0 Å². The molecule has 138 valence electrons. The van der Waals surface area contributed by atoms with Gasteiger partial charge in [-0.2, -0.15) is 16.8 Å². The quantitative estimate of drug-likeness (QED) is 0.237. The van der Waals surface area contributed by atoms with Gasteiger partial charge in [0.1, 0.15) is 9.79 Å². The van der Waals surface area contributed by atoms with Gasteiger partial charge in [0.15, 0.2) is 11.6 Å². The molecule has 1 aliphatic rings. The molecule has 27 heavy (non-hydrogen) atoms. The van der Waals surface area contributed by atoms with Crippen LogP contribution in [-0.4, -0.2) is 67.1 Å². The molecule has 0 fully saturated rings. The van der Waals surface area contributed by atoms with E-state index in [0.717, 1.165) is 0 Å². The van der Waals surface area contributed by atoms with Gasteiger partial charge >= 0.3 is 29.6 Å². The SMILES string of the molecule is Nc1c2c(c(N)c(S(=O)(=O)O)c1S(=O)(=O)O)C(=O)c1ccccc1C2=O.[NaH]. The summed E-state index contributed by atoms with van der Waals surface area (Å²) in [5.41, 5.74) is 7.72. The summed E-state index contributed by atoms with van der Waals surface area (Å²) in [5, 5.41) is 0. The van der Waals surface area contributed by atoms with E-state index in [2.05, 4.69) is 0 Å². The Morgan fingerprint density at radius 1 is 0.704 bits per heavy atom. The number of rotatable bonds is 2. The molecule has 0 spiro atoms. The molecule has 0 atom stereocenters. The summed E-state index contributed by atoms with van der Waals surface area (Å²) < 4.78 is 65.3. The predicted octanol–water partition coefficient (Wildman–Crippen LogP) is -0.529. The Balaban J connectivity index is 0.00000261. The number of hydrogen-bond acceptors (Lipinski definition) is 8. The number of hydrogen-bond donors (Lipinski definition) is 4. The zero-order valence-corrected chi connectivity index (χ0v) is 14.3. The number of carbonyl (C=O) groups is 2. The van der Waals surface area contributed by atoms with Gasteiger partial charge in [-0.25, -0.2) is 0 Å². The zero-order chi connectivity index (χ0) is 19.6. The van der Waals surface area contributed by atoms with Crippen LogP contribution >= 0.6 is 0 Å². The average Bonchev–Trinajstić information content (AvgIpc) is 2.51. The predicted molar refractivity (Wildman–Crippen MR) is 95.4 cm³/mol. The van der Waals surface area contributed by atoms with Gasteiger partial charge in [-0.15, -0.1) is 0 Å². The molecule has 6 N–H and O–H groups in total. The molecule has 3 rings (SSSR count). The van der Waals surface area contributed by atoms with Crippen molar-refractivity contribution < 1.29 is 35.5 Å². The van der Waals surface area contributed by atoms with Crippen LogP contribution in [0.25, 0.3) is 0 Å². The van der Waals surface area contributed by atoms with E-state index in [1.54, 1.807) is 0 Å². The number of ketones is 2. The van der Waals surface area contributed by atoms with Crippen molar-refractivity contribution in [2.45, 2.75) is 9.79 Å². The molecule has 13 heteroatoms. The summed E-state index contributed by atoms with van der Waals surface area (Å²) in [6.07, 6.45) is 0. The van der Waals surface area contributed by atoms with Crippen molar-refractivity contribution in [1.29, 1.82) is 0 Å². The molecule has 0 aliphatic heterocycles. The Hall–Kier alpha value is -1.80. The molecule has 0 radical (unpaired) electrons. The fourth-order valence-corrected chi connectivity index (χ4v) is 4.95. The van der Waals surface area contributed by atoms with Gasteiger partial charge in [0, 0.05) is 11.1 Å². The molecule has 2 aromatic rings. The summed E-state index contributed by atoms with van der Waals surface area (Å²) in [4.78, 5) is 22.5. The van der Waals surface area contributed by atoms with E-state index in [1.807, 2.05) is 0 Å². The molecule has 1 aliphatic carbocycles. The number of carbonyl (C=O) groups excluding carboxylic acids is 2. The first-order valence-corrected chi connectivity index (χ1v) is 9.63. The van der Waals surface area contributed by atoms with Crippen LogP contribution in [0.1, 0.15) is 31.8 Å². The molecule has 0 aromatic heterocycles. The normalized spacial score (nSPS) is 13.6. The topological polar surface area (TPSA) is 195 Å². The molecule has 0 unspecified atom stereocenters. The molecule has 0 saturated carbocycles. The minimum atomic E-state index is -5.33. The average molecular weight is 422 g/mol. The van der Waals surface area contributed by atoms with Gasteiger partial charge in [0.25, 0.3) is 20.2 Å². The van der Waals surface area contributed by atoms with Gasteiger partial charge in [-0.3, -0.25) is 18.7 Å². The van der Waals surface area contributed by atoms with E-state index < -0.39 is 64.1 Å². The van der Waals surface area contributed by atoms with Crippen molar-refractivity contribution >= 4 is 72.7 Å². The third kappa shape index (κ3) is 3.18. The molecule has 0 saturated heterocycles. The van der Waals surface area contributed by atoms with Gasteiger partial charge in [-0.05, 0) is 0 Å². The van der Waals surface area contributed by atoms with Crippen LogP contribution in [0.15, 0.2) is 34.1 Å². The summed E-state index contributed by atoms with van der Waals surface area (Å²) in [6.45, 7) is 0. The second-order valence-electron chi connectivity index (χ2n) is 5.39. The third-order valence-electron chi connectivity index (χ3n) is 3.87. The Labute approximate surface area is 175 Å². The molecular formula is C14H11N2NaO8S2. The number of benzene rings is 2. The van der Waals surface area contributed by atoms with Crippen LogP contribution in [0.5, 0.6) is 0 Å². The van der Waals surface area contributed by atoms with Crippen LogP contribution in [-0.2, 0) is 20.2 Å². The molecular weight excluding hydrogens is 411 g/mol. The van der Waals surface area contributed by atoms with Crippen LogP contribution in [0.2, 0.25) is 0 Å². The maximum atomic E-state index is 12.7. The van der Waals surface area contributed by atoms with E-state index in [9.17, 15) is 35.5 Å². The fourth-order valence-electron chi connectivity index (χ4n) is 2.87. The van der Waals surface area contributed by atoms with Crippen LogP contribution in [0.4, 0.5) is 11.4 Å². The molecule has 0 heterocycles. The number of nitrogen functional groups attached to an aromatic ring is 2. The van der Waals surface area contributed by atoms with E-state index in [1.165, 1.54) is 24.3 Å². The van der Waals surface area contributed by atoms with Crippen molar-refractivity contribution in [3.05, 3.63) is 46.5 Å². The molecule has 0 amide bonds. The standard InChI is InChI=1S/C14H10N2O8S2.Na.H/c15-9-7-8(12(18)6-4-2-1-3-5(6)11(7)17)10(16)14(26(22,23)24)13(9)25(19,20)21;;/h1-4H,15-16H2,(H,19,20,21)(H,22,23,24);;. The van der Waals surface area contributed by atoms with Gasteiger partial charge < -0.3 is 11.5 Å². The first-order valence-electron chi connectivity index (χ1n) is 6.75. The first kappa shape index (κ1) is 21.5. The Morgan fingerprint density at radius 3 is 1.26 bits per heavy atom. The second-order valence-corrected chi connectivity index (χ2v) is 8.11. The summed E-state index contributed by atoms with van der Waals surface area (Å²) in [7, 11) is -10.7. The Bertz CT molecular complexity index is 1140. The van der Waals surface area contributed by atoms with E-state index in [0.29, 0.717) is 0 Å². The molecule has 0 bridgehead atoms. The monoisotopic (exact) mass is 422 g/mol. The van der Waals surface area contributed by atoms with E-state index in [4.69, 9.17) is 11.5 Å². The molecule has 2 aromatic carbocycles.